The highest BCUT2D eigenvalue weighted by molar-refractivity contribution is 7.92. The molecule has 0 amide bonds. The quantitative estimate of drug-likeness (QED) is 0.761. The van der Waals surface area contributed by atoms with Crippen molar-refractivity contribution in [1.29, 1.82) is 0 Å². The van der Waals surface area contributed by atoms with Gasteiger partial charge in [-0.05, 0) is 68.0 Å². The van der Waals surface area contributed by atoms with E-state index in [9.17, 15) is 8.42 Å². The van der Waals surface area contributed by atoms with Crippen molar-refractivity contribution in [2.45, 2.75) is 37.5 Å². The van der Waals surface area contributed by atoms with Crippen LogP contribution >= 0.6 is 0 Å². The first-order valence-electron chi connectivity index (χ1n) is 8.53. The number of anilines is 1. The van der Waals surface area contributed by atoms with Gasteiger partial charge in [0.25, 0.3) is 10.0 Å². The zero-order valence-corrected chi connectivity index (χ0v) is 15.5. The van der Waals surface area contributed by atoms with Gasteiger partial charge in [-0.3, -0.25) is 4.72 Å². The van der Waals surface area contributed by atoms with Crippen LogP contribution in [-0.2, 0) is 22.9 Å². The Morgan fingerprint density at radius 3 is 2.69 bits per heavy atom. The lowest BCUT2D eigenvalue weighted by Crippen LogP contribution is -2.18. The summed E-state index contributed by atoms with van der Waals surface area (Å²) in [5, 5.41) is 4.22. The van der Waals surface area contributed by atoms with Gasteiger partial charge in [-0.2, -0.15) is 5.10 Å². The number of pyridine rings is 1. The molecule has 0 saturated heterocycles. The molecule has 0 fully saturated rings. The number of hydrogen-bond donors (Lipinski definition) is 1. The molecule has 0 spiro atoms. The average molecular weight is 372 g/mol. The fourth-order valence-electron chi connectivity index (χ4n) is 3.54. The molecular weight excluding hydrogens is 352 g/mol. The first-order chi connectivity index (χ1) is 12.5. The summed E-state index contributed by atoms with van der Waals surface area (Å²) in [5.41, 5.74) is 2.75. The zero-order valence-electron chi connectivity index (χ0n) is 14.7. The molecule has 7 nitrogen and oxygen atoms in total. The molecule has 4 rings (SSSR count). The monoisotopic (exact) mass is 372 g/mol. The van der Waals surface area contributed by atoms with Crippen molar-refractivity contribution in [2.24, 2.45) is 0 Å². The Balaban J connectivity index is 1.80. The molecule has 8 heteroatoms. The van der Waals surface area contributed by atoms with Crippen LogP contribution in [0, 0.1) is 6.92 Å². The van der Waals surface area contributed by atoms with E-state index in [1.165, 1.54) is 0 Å². The molecule has 0 bridgehead atoms. The molecule has 26 heavy (non-hydrogen) atoms. The Morgan fingerprint density at radius 2 is 1.92 bits per heavy atom. The normalized spacial score (nSPS) is 14.2. The highest BCUT2D eigenvalue weighted by Crippen LogP contribution is 2.35. The topological polar surface area (TPSA) is 85.6 Å². The summed E-state index contributed by atoms with van der Waals surface area (Å²) < 4.78 is 35.9. The number of nitrogens with one attached hydrogen (secondary N) is 1. The number of aromatic nitrogens is 3. The summed E-state index contributed by atoms with van der Waals surface area (Å²) in [6.45, 7) is 1.77. The minimum Gasteiger partial charge on any atom is -0.496 e. The maximum absolute atomic E-state index is 13.1. The number of nitrogens with zero attached hydrogens (tertiary/aromatic N) is 3. The maximum Gasteiger partial charge on any atom is 0.262 e. The molecule has 0 unspecified atom stereocenters. The third kappa shape index (κ3) is 2.80. The van der Waals surface area contributed by atoms with Crippen molar-refractivity contribution in [3.05, 3.63) is 47.4 Å². The number of rotatable bonds is 4. The molecule has 0 atom stereocenters. The second-order valence-corrected chi connectivity index (χ2v) is 8.04. The molecular formula is C18H20N4O3S. The van der Waals surface area contributed by atoms with Crippen molar-refractivity contribution < 1.29 is 13.2 Å². The van der Waals surface area contributed by atoms with Crippen LogP contribution in [0.5, 0.6) is 5.75 Å². The van der Waals surface area contributed by atoms with Gasteiger partial charge in [0.2, 0.25) is 0 Å². The lowest BCUT2D eigenvalue weighted by atomic mass is 9.91. The van der Waals surface area contributed by atoms with Gasteiger partial charge in [0.1, 0.15) is 11.6 Å². The van der Waals surface area contributed by atoms with Crippen molar-refractivity contribution >= 4 is 21.4 Å². The van der Waals surface area contributed by atoms with Crippen molar-refractivity contribution in [1.82, 2.24) is 14.6 Å². The fraction of sp³-hybridized carbons (Fsp3) is 0.333. The summed E-state index contributed by atoms with van der Waals surface area (Å²) in [7, 11) is -2.13. The molecule has 3 aromatic rings. The van der Waals surface area contributed by atoms with E-state index < -0.39 is 10.0 Å². The first kappa shape index (κ1) is 16.8. The molecule has 1 N–H and O–H groups in total. The van der Waals surface area contributed by atoms with Crippen molar-refractivity contribution in [2.75, 3.05) is 11.8 Å². The zero-order chi connectivity index (χ0) is 18.3. The maximum atomic E-state index is 13.1. The Morgan fingerprint density at radius 1 is 1.15 bits per heavy atom. The number of fused-ring (bicyclic) bond motifs is 2. The van der Waals surface area contributed by atoms with Crippen LogP contribution in [-0.4, -0.2) is 30.1 Å². The standard InChI is InChI=1S/C18H20N4O3S/c1-12-19-18-15(8-5-11-22(18)20-12)21-26(23,24)17-10-9-16(25-2)13-6-3-4-7-14(13)17/h5,8-11,21H,3-4,6-7H2,1-2H3. The van der Waals surface area contributed by atoms with Crippen LogP contribution in [0.4, 0.5) is 5.69 Å². The third-order valence-corrected chi connectivity index (χ3v) is 6.12. The molecule has 0 saturated carbocycles. The predicted octanol–water partition coefficient (Wildman–Crippen LogP) is 2.73. The van der Waals surface area contributed by atoms with Crippen LogP contribution in [0.3, 0.4) is 0 Å². The molecule has 2 heterocycles. The lowest BCUT2D eigenvalue weighted by molar-refractivity contribution is 0.405. The van der Waals surface area contributed by atoms with Gasteiger partial charge in [-0.15, -0.1) is 0 Å². The van der Waals surface area contributed by atoms with Gasteiger partial charge in [0.05, 0.1) is 17.7 Å². The van der Waals surface area contributed by atoms with E-state index in [1.807, 2.05) is 0 Å². The summed E-state index contributed by atoms with van der Waals surface area (Å²) >= 11 is 0. The summed E-state index contributed by atoms with van der Waals surface area (Å²) in [6, 6.07) is 6.79. The van der Waals surface area contributed by atoms with Crippen LogP contribution in [0.15, 0.2) is 35.4 Å². The number of ether oxygens (including phenoxy) is 1. The first-order valence-corrected chi connectivity index (χ1v) is 10.0. The highest BCUT2D eigenvalue weighted by atomic mass is 32.2. The highest BCUT2D eigenvalue weighted by Gasteiger charge is 2.26. The van der Waals surface area contributed by atoms with Gasteiger partial charge >= 0.3 is 0 Å². The molecule has 1 aromatic carbocycles. The van der Waals surface area contributed by atoms with Gasteiger partial charge in [0, 0.05) is 6.20 Å². The molecule has 0 radical (unpaired) electrons. The number of sulfonamides is 1. The molecule has 0 aliphatic heterocycles. The van der Waals surface area contributed by atoms with E-state index in [1.54, 1.807) is 49.0 Å². The van der Waals surface area contributed by atoms with E-state index >= 15 is 0 Å². The van der Waals surface area contributed by atoms with E-state index in [0.29, 0.717) is 22.1 Å². The van der Waals surface area contributed by atoms with Gasteiger partial charge in [0.15, 0.2) is 5.65 Å². The smallest absolute Gasteiger partial charge is 0.262 e. The molecule has 1 aliphatic rings. The van der Waals surface area contributed by atoms with Crippen LogP contribution < -0.4 is 9.46 Å². The van der Waals surface area contributed by atoms with E-state index in [4.69, 9.17) is 4.74 Å². The average Bonchev–Trinajstić information content (AvgIpc) is 3.02. The minimum absolute atomic E-state index is 0.311. The van der Waals surface area contributed by atoms with E-state index in [0.717, 1.165) is 42.6 Å². The van der Waals surface area contributed by atoms with E-state index in [-0.39, 0.29) is 0 Å². The largest absolute Gasteiger partial charge is 0.496 e. The fourth-order valence-corrected chi connectivity index (χ4v) is 4.89. The Labute approximate surface area is 152 Å². The molecule has 136 valence electrons. The Hall–Kier alpha value is -2.61. The van der Waals surface area contributed by atoms with Gasteiger partial charge in [-0.1, -0.05) is 0 Å². The van der Waals surface area contributed by atoms with Gasteiger partial charge < -0.3 is 4.74 Å². The number of hydrogen-bond acceptors (Lipinski definition) is 5. The summed E-state index contributed by atoms with van der Waals surface area (Å²) in [6.07, 6.45) is 5.32. The van der Waals surface area contributed by atoms with E-state index in [2.05, 4.69) is 14.8 Å². The van der Waals surface area contributed by atoms with Gasteiger partial charge in [-0.25, -0.2) is 17.9 Å². The van der Waals surface area contributed by atoms with Crippen molar-refractivity contribution in [3.8, 4) is 5.75 Å². The second-order valence-electron chi connectivity index (χ2n) is 6.38. The van der Waals surface area contributed by atoms with Crippen LogP contribution in [0.25, 0.3) is 5.65 Å². The number of benzene rings is 1. The summed E-state index contributed by atoms with van der Waals surface area (Å²) in [5.74, 6) is 1.34. The van der Waals surface area contributed by atoms with Crippen molar-refractivity contribution in [3.63, 3.8) is 0 Å². The SMILES string of the molecule is COc1ccc(S(=O)(=O)Nc2cccn3nc(C)nc23)c2c1CCCC2. The lowest BCUT2D eigenvalue weighted by Gasteiger charge is -2.22. The van der Waals surface area contributed by atoms with Crippen LogP contribution in [0.1, 0.15) is 29.8 Å². The third-order valence-electron chi connectivity index (χ3n) is 4.67. The number of aryl methyl sites for hydroxylation is 1. The number of methoxy groups -OCH3 is 1. The molecule has 1 aliphatic carbocycles. The van der Waals surface area contributed by atoms with Crippen LogP contribution in [0.2, 0.25) is 0 Å². The minimum atomic E-state index is -3.75. The Bertz CT molecular complexity index is 1090. The summed E-state index contributed by atoms with van der Waals surface area (Å²) in [4.78, 5) is 4.62. The Kier molecular flexibility index (Phi) is 4.07. The second kappa shape index (κ2) is 6.28. The predicted molar refractivity (Wildman–Crippen MR) is 98.2 cm³/mol. The molecule has 2 aromatic heterocycles.